The van der Waals surface area contributed by atoms with E-state index >= 15 is 0 Å². The molecule has 78 valence electrons. The molecule has 0 aromatic heterocycles. The lowest BCUT2D eigenvalue weighted by atomic mass is 9.87. The molecule has 0 saturated carbocycles. The molecule has 1 aliphatic rings. The molecule has 0 amide bonds. The molecule has 0 unspecified atom stereocenters. The maximum Gasteiger partial charge on any atom is 0.334 e. The number of carbonyl (C=O) groups is 2. The van der Waals surface area contributed by atoms with Crippen LogP contribution in [0.5, 0.6) is 0 Å². The minimum Gasteiger partial charge on any atom is -0.463 e. The summed E-state index contributed by atoms with van der Waals surface area (Å²) in [4.78, 5) is 22.4. The Hall–Kier alpha value is -1.32. The van der Waals surface area contributed by atoms with Crippen molar-refractivity contribution in [1.29, 1.82) is 0 Å². The minimum atomic E-state index is -0.491. The van der Waals surface area contributed by atoms with Gasteiger partial charge in [0.15, 0.2) is 0 Å². The van der Waals surface area contributed by atoms with Crippen molar-refractivity contribution in [1.82, 2.24) is 0 Å². The van der Waals surface area contributed by atoms with Crippen LogP contribution in [-0.4, -0.2) is 25.2 Å². The summed E-state index contributed by atoms with van der Waals surface area (Å²) in [5.41, 5.74) is -0.0138. The smallest absolute Gasteiger partial charge is 0.334 e. The number of hydrogen-bond donors (Lipinski definition) is 0. The first kappa shape index (κ1) is 10.8. The fraction of sp³-hybridized carbons (Fsp3) is 0.600. The molecule has 14 heavy (non-hydrogen) atoms. The van der Waals surface area contributed by atoms with Crippen LogP contribution in [0.4, 0.5) is 0 Å². The van der Waals surface area contributed by atoms with Crippen LogP contribution in [-0.2, 0) is 19.1 Å². The average molecular weight is 198 g/mol. The van der Waals surface area contributed by atoms with Gasteiger partial charge in [0.2, 0.25) is 0 Å². The van der Waals surface area contributed by atoms with Crippen molar-refractivity contribution in [3.63, 3.8) is 0 Å². The van der Waals surface area contributed by atoms with E-state index in [-0.39, 0.29) is 0 Å². The zero-order chi connectivity index (χ0) is 10.8. The predicted molar refractivity (Wildman–Crippen MR) is 49.5 cm³/mol. The van der Waals surface area contributed by atoms with Gasteiger partial charge in [0.05, 0.1) is 12.2 Å². The Morgan fingerprint density at radius 2 is 2.29 bits per heavy atom. The first-order valence-electron chi connectivity index (χ1n) is 4.53. The van der Waals surface area contributed by atoms with Crippen molar-refractivity contribution in [3.8, 4) is 0 Å². The molecule has 0 bridgehead atoms. The molecule has 0 aliphatic carbocycles. The van der Waals surface area contributed by atoms with Gasteiger partial charge in [-0.1, -0.05) is 13.8 Å². The van der Waals surface area contributed by atoms with Gasteiger partial charge in [-0.25, -0.2) is 9.59 Å². The van der Waals surface area contributed by atoms with Gasteiger partial charge in [-0.2, -0.15) is 0 Å². The van der Waals surface area contributed by atoms with E-state index in [1.54, 1.807) is 6.92 Å². The Labute approximate surface area is 82.9 Å². The summed E-state index contributed by atoms with van der Waals surface area (Å²) < 4.78 is 9.57. The Bertz CT molecular complexity index is 288. The van der Waals surface area contributed by atoms with Crippen LogP contribution in [0, 0.1) is 5.41 Å². The maximum absolute atomic E-state index is 11.2. The third kappa shape index (κ3) is 2.13. The Kier molecular flexibility index (Phi) is 2.93. The lowest BCUT2D eigenvalue weighted by Gasteiger charge is -2.13. The lowest BCUT2D eigenvalue weighted by molar-refractivity contribution is -0.139. The van der Waals surface area contributed by atoms with Crippen LogP contribution in [0.3, 0.4) is 0 Å². The normalized spacial score (nSPS) is 22.2. The van der Waals surface area contributed by atoms with E-state index in [0.717, 1.165) is 0 Å². The van der Waals surface area contributed by atoms with Gasteiger partial charge in [0.1, 0.15) is 6.61 Å². The third-order valence-electron chi connectivity index (χ3n) is 2.06. The van der Waals surface area contributed by atoms with E-state index in [1.807, 2.05) is 13.8 Å². The summed E-state index contributed by atoms with van der Waals surface area (Å²) in [5, 5.41) is 0. The minimum absolute atomic E-state index is 0.304. The van der Waals surface area contributed by atoms with Crippen LogP contribution >= 0.6 is 0 Å². The van der Waals surface area contributed by atoms with E-state index in [1.165, 1.54) is 6.08 Å². The molecule has 0 atom stereocenters. The van der Waals surface area contributed by atoms with Crippen molar-refractivity contribution in [2.45, 2.75) is 20.8 Å². The zero-order valence-electron chi connectivity index (χ0n) is 8.62. The monoisotopic (exact) mass is 198 g/mol. The second-order valence-corrected chi connectivity index (χ2v) is 3.77. The van der Waals surface area contributed by atoms with Crippen molar-refractivity contribution in [2.75, 3.05) is 13.2 Å². The summed E-state index contributed by atoms with van der Waals surface area (Å²) >= 11 is 0. The number of hydrogen-bond acceptors (Lipinski definition) is 4. The quantitative estimate of drug-likeness (QED) is 0.491. The van der Waals surface area contributed by atoms with E-state index in [9.17, 15) is 9.59 Å². The maximum atomic E-state index is 11.2. The summed E-state index contributed by atoms with van der Waals surface area (Å²) in [5.74, 6) is -0.919. The largest absolute Gasteiger partial charge is 0.463 e. The topological polar surface area (TPSA) is 52.6 Å². The molecule has 1 fully saturated rings. The molecule has 1 rings (SSSR count). The molecule has 4 heteroatoms. The number of rotatable bonds is 2. The molecular weight excluding hydrogens is 184 g/mol. The molecule has 0 aromatic rings. The summed E-state index contributed by atoms with van der Waals surface area (Å²) in [6, 6.07) is 0. The summed E-state index contributed by atoms with van der Waals surface area (Å²) in [7, 11) is 0. The standard InChI is InChI=1S/C10H14O4/c1-4-13-8(11)5-7-9(12)14-6-10(7,2)3/h5H,4,6H2,1-3H3/b7-5+. The van der Waals surface area contributed by atoms with Crippen LogP contribution in [0.15, 0.2) is 11.6 Å². The fourth-order valence-corrected chi connectivity index (χ4v) is 1.23. The zero-order valence-corrected chi connectivity index (χ0v) is 8.62. The van der Waals surface area contributed by atoms with Gasteiger partial charge >= 0.3 is 11.9 Å². The SMILES string of the molecule is CCOC(=O)/C=C1\C(=O)OCC1(C)C. The summed E-state index contributed by atoms with van der Waals surface area (Å²) in [6.45, 7) is 6.04. The molecule has 0 N–H and O–H groups in total. The molecule has 1 aliphatic heterocycles. The van der Waals surface area contributed by atoms with Crippen molar-refractivity contribution < 1.29 is 19.1 Å². The van der Waals surface area contributed by atoms with Gasteiger partial charge in [-0.05, 0) is 6.92 Å². The number of ether oxygens (including phenoxy) is 2. The highest BCUT2D eigenvalue weighted by atomic mass is 16.5. The summed E-state index contributed by atoms with van der Waals surface area (Å²) in [6.07, 6.45) is 1.22. The van der Waals surface area contributed by atoms with Gasteiger partial charge in [0.25, 0.3) is 0 Å². The van der Waals surface area contributed by atoms with E-state index in [0.29, 0.717) is 18.8 Å². The van der Waals surface area contributed by atoms with Gasteiger partial charge in [-0.15, -0.1) is 0 Å². The highest BCUT2D eigenvalue weighted by Gasteiger charge is 2.38. The number of carbonyl (C=O) groups excluding carboxylic acids is 2. The Morgan fingerprint density at radius 1 is 1.64 bits per heavy atom. The van der Waals surface area contributed by atoms with Crippen LogP contribution in [0.1, 0.15) is 20.8 Å². The van der Waals surface area contributed by atoms with E-state index in [4.69, 9.17) is 9.47 Å². The molecule has 4 nitrogen and oxygen atoms in total. The van der Waals surface area contributed by atoms with Crippen LogP contribution in [0.25, 0.3) is 0 Å². The van der Waals surface area contributed by atoms with Gasteiger partial charge in [0, 0.05) is 11.5 Å². The Balaban J connectivity index is 2.84. The first-order valence-corrected chi connectivity index (χ1v) is 4.53. The molecule has 1 heterocycles. The van der Waals surface area contributed by atoms with Crippen molar-refractivity contribution >= 4 is 11.9 Å². The lowest BCUT2D eigenvalue weighted by Crippen LogP contribution is -2.16. The average Bonchev–Trinajstić information content (AvgIpc) is 2.32. The highest BCUT2D eigenvalue weighted by Crippen LogP contribution is 2.33. The fourth-order valence-electron chi connectivity index (χ4n) is 1.23. The molecule has 1 saturated heterocycles. The van der Waals surface area contributed by atoms with Crippen LogP contribution < -0.4 is 0 Å². The third-order valence-corrected chi connectivity index (χ3v) is 2.06. The molecule has 0 spiro atoms. The number of esters is 2. The van der Waals surface area contributed by atoms with E-state index < -0.39 is 17.4 Å². The molecule has 0 aromatic carbocycles. The second-order valence-electron chi connectivity index (χ2n) is 3.77. The van der Waals surface area contributed by atoms with Gasteiger partial charge < -0.3 is 9.47 Å². The number of cyclic esters (lactones) is 1. The van der Waals surface area contributed by atoms with Crippen LogP contribution in [0.2, 0.25) is 0 Å². The Morgan fingerprint density at radius 3 is 2.71 bits per heavy atom. The molecule has 0 radical (unpaired) electrons. The van der Waals surface area contributed by atoms with E-state index in [2.05, 4.69) is 0 Å². The molecular formula is C10H14O4. The van der Waals surface area contributed by atoms with Crippen molar-refractivity contribution in [3.05, 3.63) is 11.6 Å². The second kappa shape index (κ2) is 3.82. The predicted octanol–water partition coefficient (Wildman–Crippen LogP) is 1.06. The first-order chi connectivity index (χ1) is 6.47. The van der Waals surface area contributed by atoms with Gasteiger partial charge in [-0.3, -0.25) is 0 Å². The van der Waals surface area contributed by atoms with Crippen molar-refractivity contribution in [2.24, 2.45) is 5.41 Å². The highest BCUT2D eigenvalue weighted by molar-refractivity contribution is 5.98.